The number of nitrogens with one attached hydrogen (secondary N) is 1. The maximum atomic E-state index is 12.7. The van der Waals surface area contributed by atoms with Crippen molar-refractivity contribution in [2.45, 2.75) is 20.8 Å². The van der Waals surface area contributed by atoms with Gasteiger partial charge >= 0.3 is 0 Å². The third kappa shape index (κ3) is 4.20. The Morgan fingerprint density at radius 2 is 1.43 bits per heavy atom. The number of hydrogen-bond donors (Lipinski definition) is 2. The summed E-state index contributed by atoms with van der Waals surface area (Å²) in [5, 5.41) is 12.8. The van der Waals surface area contributed by atoms with E-state index in [4.69, 9.17) is 34.8 Å². The van der Waals surface area contributed by atoms with E-state index >= 15 is 0 Å². The Hall–Kier alpha value is -2.46. The van der Waals surface area contributed by atoms with Gasteiger partial charge in [0.05, 0.1) is 11.1 Å². The highest BCUT2D eigenvalue weighted by Gasteiger charge is 2.19. The Kier molecular flexibility index (Phi) is 6.77. The van der Waals surface area contributed by atoms with Crippen molar-refractivity contribution >= 4 is 45.7 Å². The number of halogens is 3. The van der Waals surface area contributed by atoms with Gasteiger partial charge in [0.1, 0.15) is 5.75 Å². The van der Waals surface area contributed by atoms with Gasteiger partial charge in [0.25, 0.3) is 5.56 Å². The fourth-order valence-corrected chi connectivity index (χ4v) is 4.01. The summed E-state index contributed by atoms with van der Waals surface area (Å²) in [6.45, 7) is 5.85. The first-order valence-corrected chi connectivity index (χ1v) is 10.6. The minimum absolute atomic E-state index is 0.125. The van der Waals surface area contributed by atoms with Crippen LogP contribution in [0.5, 0.6) is 5.75 Å². The van der Waals surface area contributed by atoms with E-state index in [1.54, 1.807) is 36.4 Å². The van der Waals surface area contributed by atoms with Gasteiger partial charge in [-0.2, -0.15) is 0 Å². The van der Waals surface area contributed by atoms with E-state index in [9.17, 15) is 9.90 Å². The second kappa shape index (κ2) is 9.13. The number of H-pyrrole nitrogens is 1. The number of pyridine rings is 1. The van der Waals surface area contributed by atoms with Crippen molar-refractivity contribution in [2.24, 2.45) is 0 Å². The molecule has 2 N–H and O–H groups in total. The quantitative estimate of drug-likeness (QED) is 0.320. The molecule has 0 fully saturated rings. The first-order chi connectivity index (χ1) is 14.3. The van der Waals surface area contributed by atoms with Crippen LogP contribution in [0.2, 0.25) is 15.1 Å². The molecule has 0 aliphatic rings. The average Bonchev–Trinajstić information content (AvgIpc) is 2.72. The Morgan fingerprint density at radius 3 is 2.07 bits per heavy atom. The van der Waals surface area contributed by atoms with Crippen LogP contribution in [-0.2, 0) is 0 Å². The van der Waals surface area contributed by atoms with Crippen LogP contribution in [0.4, 0.5) is 0 Å². The van der Waals surface area contributed by atoms with Crippen LogP contribution in [0.15, 0.2) is 59.4 Å². The van der Waals surface area contributed by atoms with Crippen LogP contribution in [0, 0.1) is 6.92 Å². The maximum absolute atomic E-state index is 12.7. The van der Waals surface area contributed by atoms with Crippen molar-refractivity contribution in [1.82, 2.24) is 4.98 Å². The van der Waals surface area contributed by atoms with Gasteiger partial charge in [-0.1, -0.05) is 66.8 Å². The van der Waals surface area contributed by atoms with Crippen molar-refractivity contribution in [3.05, 3.63) is 85.6 Å². The first kappa shape index (κ1) is 22.2. The molecule has 0 aliphatic carbocycles. The third-order valence-corrected chi connectivity index (χ3v) is 5.45. The Morgan fingerprint density at radius 1 is 0.800 bits per heavy atom. The predicted molar refractivity (Wildman–Crippen MR) is 128 cm³/mol. The lowest BCUT2D eigenvalue weighted by atomic mass is 9.95. The SMILES string of the molecule is CC.Cc1cc(-c2ccc(Cl)cc2)cc(Cl)c1-c1c(O)c2cc(Cl)ccc2[nH]c1=O. The highest BCUT2D eigenvalue weighted by atomic mass is 35.5. The molecule has 0 bridgehead atoms. The second-order valence-corrected chi connectivity index (χ2v) is 7.80. The number of aromatic amines is 1. The molecule has 0 radical (unpaired) electrons. The van der Waals surface area contributed by atoms with Gasteiger partial charge in [0.2, 0.25) is 0 Å². The Labute approximate surface area is 189 Å². The number of aromatic hydroxyl groups is 1. The van der Waals surface area contributed by atoms with Crippen molar-refractivity contribution in [2.75, 3.05) is 0 Å². The van der Waals surface area contributed by atoms with Crippen molar-refractivity contribution in [3.8, 4) is 28.0 Å². The highest BCUT2D eigenvalue weighted by molar-refractivity contribution is 6.34. The lowest BCUT2D eigenvalue weighted by molar-refractivity contribution is 0.482. The monoisotopic (exact) mass is 459 g/mol. The molecular formula is C24H20Cl3NO2. The minimum atomic E-state index is -0.420. The molecule has 1 aromatic heterocycles. The summed E-state index contributed by atoms with van der Waals surface area (Å²) in [5.41, 5.74) is 3.30. The van der Waals surface area contributed by atoms with Gasteiger partial charge in [-0.25, -0.2) is 0 Å². The molecule has 4 aromatic rings. The van der Waals surface area contributed by atoms with Crippen LogP contribution < -0.4 is 5.56 Å². The molecule has 0 amide bonds. The van der Waals surface area contributed by atoms with E-state index in [-0.39, 0.29) is 11.3 Å². The molecule has 3 nitrogen and oxygen atoms in total. The van der Waals surface area contributed by atoms with Crippen LogP contribution >= 0.6 is 34.8 Å². The molecule has 0 saturated heterocycles. The summed E-state index contributed by atoms with van der Waals surface area (Å²) in [6, 6.07) is 16.0. The summed E-state index contributed by atoms with van der Waals surface area (Å²) in [7, 11) is 0. The molecule has 4 rings (SSSR count). The zero-order chi connectivity index (χ0) is 22.0. The standard InChI is InChI=1S/C22H14Cl3NO2.C2H6/c1-11-8-13(12-2-4-14(23)5-3-12)9-17(25)19(11)20-21(27)16-10-15(24)6-7-18(16)26-22(20)28;1-2/h2-10H,1H3,(H2,26,27,28);1-2H3. The molecule has 0 aliphatic heterocycles. The molecule has 0 spiro atoms. The molecule has 1 heterocycles. The number of fused-ring (bicyclic) bond motifs is 1. The molecule has 0 saturated carbocycles. The maximum Gasteiger partial charge on any atom is 0.260 e. The number of hydrogen-bond acceptors (Lipinski definition) is 2. The van der Waals surface area contributed by atoms with Gasteiger partial charge in [0, 0.05) is 26.0 Å². The van der Waals surface area contributed by atoms with E-state index in [0.29, 0.717) is 31.5 Å². The molecule has 3 aromatic carbocycles. The lowest BCUT2D eigenvalue weighted by Gasteiger charge is -2.14. The zero-order valence-electron chi connectivity index (χ0n) is 16.7. The summed E-state index contributed by atoms with van der Waals surface area (Å²) in [4.78, 5) is 15.5. The largest absolute Gasteiger partial charge is 0.506 e. The van der Waals surface area contributed by atoms with E-state index in [1.807, 2.05) is 39.0 Å². The zero-order valence-corrected chi connectivity index (χ0v) is 19.0. The minimum Gasteiger partial charge on any atom is -0.506 e. The fraction of sp³-hybridized carbons (Fsp3) is 0.125. The molecular weight excluding hydrogens is 441 g/mol. The highest BCUT2D eigenvalue weighted by Crippen LogP contribution is 2.40. The Bertz CT molecular complexity index is 1260. The van der Waals surface area contributed by atoms with E-state index in [2.05, 4.69) is 4.98 Å². The average molecular weight is 461 g/mol. The lowest BCUT2D eigenvalue weighted by Crippen LogP contribution is -2.10. The molecule has 154 valence electrons. The number of aryl methyl sites for hydroxylation is 1. The van der Waals surface area contributed by atoms with E-state index in [1.165, 1.54) is 0 Å². The molecule has 6 heteroatoms. The third-order valence-electron chi connectivity index (χ3n) is 4.66. The summed E-state index contributed by atoms with van der Waals surface area (Å²) in [6.07, 6.45) is 0. The Balaban J connectivity index is 0.00000124. The molecule has 30 heavy (non-hydrogen) atoms. The molecule has 0 atom stereocenters. The van der Waals surface area contributed by atoms with Gasteiger partial charge in [-0.05, 0) is 60.0 Å². The van der Waals surface area contributed by atoms with Crippen LogP contribution in [0.3, 0.4) is 0 Å². The van der Waals surface area contributed by atoms with Gasteiger partial charge < -0.3 is 10.1 Å². The second-order valence-electron chi connectivity index (χ2n) is 6.52. The number of benzene rings is 3. The van der Waals surface area contributed by atoms with Gasteiger partial charge in [-0.15, -0.1) is 0 Å². The van der Waals surface area contributed by atoms with E-state index < -0.39 is 5.56 Å². The van der Waals surface area contributed by atoms with Crippen LogP contribution in [-0.4, -0.2) is 10.1 Å². The summed E-state index contributed by atoms with van der Waals surface area (Å²) in [5.74, 6) is -0.148. The van der Waals surface area contributed by atoms with Crippen molar-refractivity contribution < 1.29 is 5.11 Å². The topological polar surface area (TPSA) is 53.1 Å². The van der Waals surface area contributed by atoms with Gasteiger partial charge in [-0.3, -0.25) is 4.79 Å². The normalized spacial score (nSPS) is 10.6. The van der Waals surface area contributed by atoms with Crippen molar-refractivity contribution in [1.29, 1.82) is 0 Å². The fourth-order valence-electron chi connectivity index (χ4n) is 3.35. The van der Waals surface area contributed by atoms with E-state index in [0.717, 1.165) is 16.7 Å². The first-order valence-electron chi connectivity index (χ1n) is 9.46. The summed E-state index contributed by atoms with van der Waals surface area (Å²) >= 11 is 18.6. The van der Waals surface area contributed by atoms with Crippen LogP contribution in [0.1, 0.15) is 19.4 Å². The number of aromatic nitrogens is 1. The predicted octanol–water partition coefficient (Wildman–Crippen LogP) is 7.86. The summed E-state index contributed by atoms with van der Waals surface area (Å²) < 4.78 is 0. The van der Waals surface area contributed by atoms with Gasteiger partial charge in [0.15, 0.2) is 0 Å². The van der Waals surface area contributed by atoms with Crippen molar-refractivity contribution in [3.63, 3.8) is 0 Å². The number of rotatable bonds is 2. The van der Waals surface area contributed by atoms with Crippen LogP contribution in [0.25, 0.3) is 33.2 Å². The smallest absolute Gasteiger partial charge is 0.260 e. The molecule has 0 unspecified atom stereocenters.